The Labute approximate surface area is 163 Å². The molecule has 25 heavy (non-hydrogen) atoms. The van der Waals surface area contributed by atoms with Crippen molar-refractivity contribution in [2.24, 2.45) is 0 Å². The fraction of sp³-hybridized carbons (Fsp3) is 0. The molecular weight excluding hydrogens is 442 g/mol. The summed E-state index contributed by atoms with van der Waals surface area (Å²) >= 11 is 6.84. The molecule has 3 aromatic rings. The van der Waals surface area contributed by atoms with Gasteiger partial charge >= 0.3 is 0 Å². The molecule has 0 aliphatic heterocycles. The second kappa shape index (κ2) is 8.28. The van der Waals surface area contributed by atoms with E-state index in [0.29, 0.717) is 5.56 Å². The fourth-order valence-corrected chi connectivity index (χ4v) is 2.98. The number of rotatable bonds is 4. The van der Waals surface area contributed by atoms with Crippen LogP contribution in [0.15, 0.2) is 81.7 Å². The minimum Gasteiger partial charge on any atom is -0.322 e. The molecule has 0 saturated heterocycles. The summed E-state index contributed by atoms with van der Waals surface area (Å²) in [4.78, 5) is 12.7. The zero-order valence-corrected chi connectivity index (χ0v) is 16.4. The van der Waals surface area contributed by atoms with Crippen molar-refractivity contribution >= 4 is 55.6 Å². The number of hydrogen-bond acceptors (Lipinski definition) is 1. The number of carbonyl (C=O) groups is 1. The zero-order chi connectivity index (χ0) is 17.6. The number of halogens is 2. The van der Waals surface area contributed by atoms with Crippen LogP contribution in [0.25, 0.3) is 12.2 Å². The van der Waals surface area contributed by atoms with Crippen LogP contribution in [-0.2, 0) is 0 Å². The molecule has 1 amide bonds. The molecule has 0 atom stereocenters. The first-order valence-corrected chi connectivity index (χ1v) is 9.30. The van der Waals surface area contributed by atoms with Crippen molar-refractivity contribution in [3.8, 4) is 0 Å². The van der Waals surface area contributed by atoms with Crippen LogP contribution >= 0.6 is 31.9 Å². The topological polar surface area (TPSA) is 29.1 Å². The average Bonchev–Trinajstić information content (AvgIpc) is 2.63. The molecular formula is C21H15Br2NO. The van der Waals surface area contributed by atoms with Crippen molar-refractivity contribution < 1.29 is 4.79 Å². The van der Waals surface area contributed by atoms with Gasteiger partial charge in [0.15, 0.2) is 0 Å². The number of carbonyl (C=O) groups excluding carboxylic acids is 1. The lowest BCUT2D eigenvalue weighted by molar-refractivity contribution is 0.102. The highest BCUT2D eigenvalue weighted by Gasteiger charge is 2.11. The Balaban J connectivity index is 1.87. The third-order valence-corrected chi connectivity index (χ3v) is 4.64. The first-order valence-electron chi connectivity index (χ1n) is 7.71. The highest BCUT2D eigenvalue weighted by molar-refractivity contribution is 9.10. The van der Waals surface area contributed by atoms with Crippen molar-refractivity contribution in [2.75, 3.05) is 5.32 Å². The molecule has 3 aromatic carbocycles. The van der Waals surface area contributed by atoms with Crippen LogP contribution in [-0.4, -0.2) is 5.91 Å². The molecule has 0 saturated carbocycles. The zero-order valence-electron chi connectivity index (χ0n) is 13.2. The van der Waals surface area contributed by atoms with Crippen molar-refractivity contribution in [2.45, 2.75) is 0 Å². The van der Waals surface area contributed by atoms with Gasteiger partial charge in [0.05, 0.1) is 0 Å². The van der Waals surface area contributed by atoms with Gasteiger partial charge in [0, 0.05) is 20.2 Å². The molecule has 0 heterocycles. The van der Waals surface area contributed by atoms with Gasteiger partial charge in [0.2, 0.25) is 0 Å². The number of nitrogens with one attached hydrogen (secondary N) is 1. The average molecular weight is 457 g/mol. The number of hydrogen-bond donors (Lipinski definition) is 1. The predicted octanol–water partition coefficient (Wildman–Crippen LogP) is 6.63. The summed E-state index contributed by atoms with van der Waals surface area (Å²) in [6.07, 6.45) is 3.96. The summed E-state index contributed by atoms with van der Waals surface area (Å²) in [7, 11) is 0. The monoisotopic (exact) mass is 455 g/mol. The molecule has 0 radical (unpaired) electrons. The highest BCUT2D eigenvalue weighted by atomic mass is 79.9. The van der Waals surface area contributed by atoms with Gasteiger partial charge in [0.1, 0.15) is 0 Å². The van der Waals surface area contributed by atoms with E-state index in [0.717, 1.165) is 25.8 Å². The Hall–Kier alpha value is -2.17. The minimum atomic E-state index is -0.142. The maximum atomic E-state index is 12.7. The van der Waals surface area contributed by atoms with Crippen molar-refractivity contribution in [1.82, 2.24) is 0 Å². The van der Waals surface area contributed by atoms with Crippen molar-refractivity contribution in [3.63, 3.8) is 0 Å². The summed E-state index contributed by atoms with van der Waals surface area (Å²) < 4.78 is 1.84. The molecule has 0 bridgehead atoms. The van der Waals surface area contributed by atoms with E-state index in [9.17, 15) is 4.79 Å². The summed E-state index contributed by atoms with van der Waals surface area (Å²) in [6, 6.07) is 23.2. The van der Waals surface area contributed by atoms with E-state index in [1.54, 1.807) is 0 Å². The highest BCUT2D eigenvalue weighted by Crippen LogP contribution is 2.21. The molecule has 0 aliphatic carbocycles. The van der Waals surface area contributed by atoms with E-state index < -0.39 is 0 Å². The lowest BCUT2D eigenvalue weighted by atomic mass is 10.0. The first kappa shape index (κ1) is 17.6. The Morgan fingerprint density at radius 3 is 2.20 bits per heavy atom. The van der Waals surface area contributed by atoms with Crippen LogP contribution in [0.1, 0.15) is 21.5 Å². The second-order valence-corrected chi connectivity index (χ2v) is 7.27. The normalized spacial score (nSPS) is 10.8. The molecule has 124 valence electrons. The lowest BCUT2D eigenvalue weighted by Gasteiger charge is -2.09. The van der Waals surface area contributed by atoms with Crippen LogP contribution in [0.4, 0.5) is 5.69 Å². The Kier molecular flexibility index (Phi) is 5.84. The van der Waals surface area contributed by atoms with Gasteiger partial charge in [-0.2, -0.15) is 0 Å². The Morgan fingerprint density at radius 1 is 0.800 bits per heavy atom. The number of amides is 1. The van der Waals surface area contributed by atoms with Gasteiger partial charge in [-0.25, -0.2) is 0 Å². The minimum absolute atomic E-state index is 0.142. The van der Waals surface area contributed by atoms with Crippen LogP contribution in [0.5, 0.6) is 0 Å². The molecule has 0 unspecified atom stereocenters. The Bertz CT molecular complexity index is 903. The van der Waals surface area contributed by atoms with E-state index in [1.165, 1.54) is 0 Å². The summed E-state index contributed by atoms with van der Waals surface area (Å²) in [6.45, 7) is 0. The largest absolute Gasteiger partial charge is 0.322 e. The number of anilines is 1. The fourth-order valence-electron chi connectivity index (χ4n) is 2.35. The molecule has 0 aliphatic rings. The standard InChI is InChI=1S/C21H15Br2NO/c22-17-10-12-19(13-11-17)24-21(25)20-14-18(23)9-8-16(20)7-6-15-4-2-1-3-5-15/h1-14H,(H,24,25). The molecule has 0 fully saturated rings. The third-order valence-electron chi connectivity index (χ3n) is 3.62. The Morgan fingerprint density at radius 2 is 1.48 bits per heavy atom. The predicted molar refractivity (Wildman–Crippen MR) is 112 cm³/mol. The van der Waals surface area contributed by atoms with Crippen LogP contribution in [0, 0.1) is 0 Å². The molecule has 3 rings (SSSR count). The summed E-state index contributed by atoms with van der Waals surface area (Å²) in [5.41, 5.74) is 3.32. The maximum Gasteiger partial charge on any atom is 0.256 e. The molecule has 1 N–H and O–H groups in total. The van der Waals surface area contributed by atoms with Crippen molar-refractivity contribution in [1.29, 1.82) is 0 Å². The lowest BCUT2D eigenvalue weighted by Crippen LogP contribution is -2.13. The van der Waals surface area contributed by atoms with Crippen LogP contribution < -0.4 is 5.32 Å². The van der Waals surface area contributed by atoms with E-state index in [4.69, 9.17) is 0 Å². The van der Waals surface area contributed by atoms with E-state index >= 15 is 0 Å². The van der Waals surface area contributed by atoms with Gasteiger partial charge in [-0.1, -0.05) is 80.4 Å². The van der Waals surface area contributed by atoms with E-state index in [1.807, 2.05) is 84.9 Å². The van der Waals surface area contributed by atoms with Gasteiger partial charge in [-0.05, 0) is 47.5 Å². The number of benzene rings is 3. The third kappa shape index (κ3) is 4.91. The van der Waals surface area contributed by atoms with Gasteiger partial charge in [-0.3, -0.25) is 4.79 Å². The van der Waals surface area contributed by atoms with Crippen LogP contribution in [0.3, 0.4) is 0 Å². The van der Waals surface area contributed by atoms with Crippen LogP contribution in [0.2, 0.25) is 0 Å². The van der Waals surface area contributed by atoms with Gasteiger partial charge < -0.3 is 5.32 Å². The molecule has 2 nitrogen and oxygen atoms in total. The smallest absolute Gasteiger partial charge is 0.256 e. The SMILES string of the molecule is O=C(Nc1ccc(Br)cc1)c1cc(Br)ccc1C=Cc1ccccc1. The quantitative estimate of drug-likeness (QED) is 0.438. The van der Waals surface area contributed by atoms with Crippen molar-refractivity contribution in [3.05, 3.63) is 98.4 Å². The first-order chi connectivity index (χ1) is 12.1. The molecule has 0 aromatic heterocycles. The van der Waals surface area contributed by atoms with E-state index in [-0.39, 0.29) is 5.91 Å². The van der Waals surface area contributed by atoms with Gasteiger partial charge in [0.25, 0.3) is 5.91 Å². The summed E-state index contributed by atoms with van der Waals surface area (Å²) in [5, 5.41) is 2.94. The molecule has 4 heteroatoms. The summed E-state index contributed by atoms with van der Waals surface area (Å²) in [5.74, 6) is -0.142. The van der Waals surface area contributed by atoms with Gasteiger partial charge in [-0.15, -0.1) is 0 Å². The molecule has 0 spiro atoms. The maximum absolute atomic E-state index is 12.7. The second-order valence-electron chi connectivity index (χ2n) is 5.44. The van der Waals surface area contributed by atoms with E-state index in [2.05, 4.69) is 37.2 Å².